The van der Waals surface area contributed by atoms with Gasteiger partial charge in [0.25, 0.3) is 0 Å². The van der Waals surface area contributed by atoms with E-state index in [1.54, 1.807) is 11.8 Å². The van der Waals surface area contributed by atoms with Crippen LogP contribution in [0.25, 0.3) is 0 Å². The number of rotatable bonds is 5. The van der Waals surface area contributed by atoms with Gasteiger partial charge in [0, 0.05) is 5.25 Å². The molecule has 0 aromatic carbocycles. The minimum atomic E-state index is -0.406. The molecule has 0 aromatic heterocycles. The third-order valence-electron chi connectivity index (χ3n) is 2.50. The van der Waals surface area contributed by atoms with Crippen LogP contribution in [0.15, 0.2) is 0 Å². The Morgan fingerprint density at radius 2 is 2.00 bits per heavy atom. The van der Waals surface area contributed by atoms with Gasteiger partial charge in [0.1, 0.15) is 0 Å². The Labute approximate surface area is 108 Å². The number of aliphatic hydroxyl groups excluding tert-OH is 1. The Morgan fingerprint density at radius 1 is 1.38 bits per heavy atom. The number of ether oxygens (including phenoxy) is 2. The molecule has 1 saturated heterocycles. The Morgan fingerprint density at radius 3 is 2.50 bits per heavy atom. The molecule has 0 bridgehead atoms. The molecule has 0 spiro atoms. The Balaban J connectivity index is 2.52. The summed E-state index contributed by atoms with van der Waals surface area (Å²) in [6.07, 6.45) is -0.412. The SMILES string of the molecule is CC(C)OC1C(O)[C@H](C)S[C@@H]1COC(C)S. The van der Waals surface area contributed by atoms with Crippen LogP contribution in [0.5, 0.6) is 0 Å². The van der Waals surface area contributed by atoms with Crippen LogP contribution in [-0.4, -0.2) is 46.0 Å². The van der Waals surface area contributed by atoms with Gasteiger partial charge in [0.2, 0.25) is 0 Å². The van der Waals surface area contributed by atoms with E-state index in [-0.39, 0.29) is 28.1 Å². The van der Waals surface area contributed by atoms with Gasteiger partial charge in [0.05, 0.1) is 35.6 Å². The molecule has 3 unspecified atom stereocenters. The van der Waals surface area contributed by atoms with Gasteiger partial charge in [-0.05, 0) is 20.8 Å². The molecule has 0 saturated carbocycles. The minimum absolute atomic E-state index is 0.0756. The maximum absolute atomic E-state index is 10.0. The smallest absolute Gasteiger partial charge is 0.0988 e. The molecule has 3 nitrogen and oxygen atoms in total. The van der Waals surface area contributed by atoms with Gasteiger partial charge in [-0.3, -0.25) is 0 Å². The average molecular weight is 266 g/mol. The summed E-state index contributed by atoms with van der Waals surface area (Å²) in [5, 5.41) is 10.4. The minimum Gasteiger partial charge on any atom is -0.389 e. The molecule has 0 amide bonds. The third kappa shape index (κ3) is 4.11. The lowest BCUT2D eigenvalue weighted by Crippen LogP contribution is -2.38. The highest BCUT2D eigenvalue weighted by Crippen LogP contribution is 2.36. The third-order valence-corrected chi connectivity index (χ3v) is 4.12. The van der Waals surface area contributed by atoms with Gasteiger partial charge < -0.3 is 14.6 Å². The van der Waals surface area contributed by atoms with E-state index in [1.165, 1.54) is 0 Å². The predicted molar refractivity (Wildman–Crippen MR) is 71.3 cm³/mol. The van der Waals surface area contributed by atoms with Crippen molar-refractivity contribution in [1.82, 2.24) is 0 Å². The summed E-state index contributed by atoms with van der Waals surface area (Å²) in [5.41, 5.74) is -0.0756. The standard InChI is InChI=1S/C11H22O3S2/c1-6(2)14-11-9(5-13-8(4)15)16-7(3)10(11)12/h6-12,15H,5H2,1-4H3/t7-,8?,9+,10?,11?/m0/s1. The number of thioether (sulfide) groups is 1. The van der Waals surface area contributed by atoms with Crippen molar-refractivity contribution in [3.05, 3.63) is 0 Å². The quantitative estimate of drug-likeness (QED) is 0.589. The van der Waals surface area contributed by atoms with Gasteiger partial charge in [-0.25, -0.2) is 0 Å². The van der Waals surface area contributed by atoms with Crippen molar-refractivity contribution in [2.75, 3.05) is 6.61 Å². The van der Waals surface area contributed by atoms with E-state index in [9.17, 15) is 5.11 Å². The number of aliphatic hydroxyl groups is 1. The predicted octanol–water partition coefficient (Wildman–Crippen LogP) is 1.94. The first kappa shape index (κ1) is 14.6. The van der Waals surface area contributed by atoms with E-state index in [0.717, 1.165) is 0 Å². The summed E-state index contributed by atoms with van der Waals surface area (Å²) in [7, 11) is 0. The highest BCUT2D eigenvalue weighted by atomic mass is 32.2. The molecule has 1 aliphatic heterocycles. The topological polar surface area (TPSA) is 38.7 Å². The fourth-order valence-electron chi connectivity index (χ4n) is 1.77. The van der Waals surface area contributed by atoms with Crippen LogP contribution in [0.1, 0.15) is 27.7 Å². The fraction of sp³-hybridized carbons (Fsp3) is 1.00. The molecule has 1 fully saturated rings. The first-order valence-electron chi connectivity index (χ1n) is 5.70. The second-order valence-corrected chi connectivity index (χ2v) is 6.80. The van der Waals surface area contributed by atoms with E-state index in [1.807, 2.05) is 27.7 Å². The van der Waals surface area contributed by atoms with E-state index in [4.69, 9.17) is 9.47 Å². The molecule has 1 rings (SSSR count). The molecular formula is C11H22O3S2. The molecule has 16 heavy (non-hydrogen) atoms. The zero-order valence-electron chi connectivity index (χ0n) is 10.3. The summed E-state index contributed by atoms with van der Waals surface area (Å²) >= 11 is 5.91. The lowest BCUT2D eigenvalue weighted by molar-refractivity contribution is -0.0659. The van der Waals surface area contributed by atoms with Crippen molar-refractivity contribution in [2.45, 2.75) is 61.9 Å². The van der Waals surface area contributed by atoms with E-state index in [0.29, 0.717) is 6.61 Å². The zero-order valence-corrected chi connectivity index (χ0v) is 12.0. The van der Waals surface area contributed by atoms with Crippen molar-refractivity contribution in [3.63, 3.8) is 0 Å². The molecule has 96 valence electrons. The van der Waals surface area contributed by atoms with Crippen LogP contribution >= 0.6 is 24.4 Å². The van der Waals surface area contributed by atoms with Crippen molar-refractivity contribution >= 4 is 24.4 Å². The monoisotopic (exact) mass is 266 g/mol. The Bertz CT molecular complexity index is 211. The highest BCUT2D eigenvalue weighted by Gasteiger charge is 2.42. The van der Waals surface area contributed by atoms with E-state index >= 15 is 0 Å². The summed E-state index contributed by atoms with van der Waals surface area (Å²) in [6.45, 7) is 8.46. The molecule has 0 aromatic rings. The van der Waals surface area contributed by atoms with Gasteiger partial charge in [-0.15, -0.1) is 24.4 Å². The average Bonchev–Trinajstić information content (AvgIpc) is 2.42. The van der Waals surface area contributed by atoms with Crippen LogP contribution in [0.2, 0.25) is 0 Å². The lowest BCUT2D eigenvalue weighted by Gasteiger charge is -2.24. The normalized spacial score (nSPS) is 36.9. The molecule has 1 aliphatic rings. The van der Waals surface area contributed by atoms with E-state index in [2.05, 4.69) is 12.6 Å². The highest BCUT2D eigenvalue weighted by molar-refractivity contribution is 8.00. The van der Waals surface area contributed by atoms with Crippen LogP contribution < -0.4 is 0 Å². The Kier molecular flexibility index (Phi) is 5.94. The summed E-state index contributed by atoms with van der Waals surface area (Å²) in [6, 6.07) is 0. The first-order valence-corrected chi connectivity index (χ1v) is 7.16. The van der Waals surface area contributed by atoms with Crippen molar-refractivity contribution in [3.8, 4) is 0 Å². The molecule has 1 N–H and O–H groups in total. The van der Waals surface area contributed by atoms with Crippen LogP contribution in [-0.2, 0) is 9.47 Å². The van der Waals surface area contributed by atoms with Crippen molar-refractivity contribution in [1.29, 1.82) is 0 Å². The van der Waals surface area contributed by atoms with Gasteiger partial charge in [-0.2, -0.15) is 0 Å². The molecule has 5 atom stereocenters. The summed E-state index contributed by atoms with van der Waals surface area (Å²) < 4.78 is 11.2. The maximum atomic E-state index is 10.0. The first-order chi connectivity index (χ1) is 7.41. The molecule has 1 heterocycles. The van der Waals surface area contributed by atoms with Gasteiger partial charge >= 0.3 is 0 Å². The van der Waals surface area contributed by atoms with Crippen LogP contribution in [0.4, 0.5) is 0 Å². The maximum Gasteiger partial charge on any atom is 0.0988 e. The van der Waals surface area contributed by atoms with Gasteiger partial charge in [-0.1, -0.05) is 6.92 Å². The van der Waals surface area contributed by atoms with Crippen molar-refractivity contribution < 1.29 is 14.6 Å². The Hall–Kier alpha value is 0.580. The summed E-state index contributed by atoms with van der Waals surface area (Å²) in [5.74, 6) is 0. The lowest BCUT2D eigenvalue weighted by atomic mass is 10.1. The number of thiol groups is 1. The molecule has 5 heteroatoms. The molecule has 0 aliphatic carbocycles. The fourth-order valence-corrected chi connectivity index (χ4v) is 3.26. The molecule has 0 radical (unpaired) electrons. The second-order valence-electron chi connectivity index (χ2n) is 4.45. The van der Waals surface area contributed by atoms with Crippen molar-refractivity contribution in [2.24, 2.45) is 0 Å². The molecular weight excluding hydrogens is 244 g/mol. The van der Waals surface area contributed by atoms with Crippen LogP contribution in [0.3, 0.4) is 0 Å². The summed E-state index contributed by atoms with van der Waals surface area (Å²) in [4.78, 5) is 0. The zero-order chi connectivity index (χ0) is 12.3. The number of hydrogen-bond acceptors (Lipinski definition) is 5. The van der Waals surface area contributed by atoms with Crippen LogP contribution in [0, 0.1) is 0 Å². The number of hydrogen-bond donors (Lipinski definition) is 2. The van der Waals surface area contributed by atoms with Gasteiger partial charge in [0.15, 0.2) is 0 Å². The van der Waals surface area contributed by atoms with E-state index < -0.39 is 6.10 Å². The largest absolute Gasteiger partial charge is 0.389 e. The second kappa shape index (κ2) is 6.50.